The molecule has 0 aliphatic carbocycles. The largest absolute Gasteiger partial charge is 0.487 e. The maximum atomic E-state index is 11.8. The molecule has 0 aliphatic heterocycles. The molecule has 1 aromatic carbocycles. The van der Waals surface area contributed by atoms with E-state index < -0.39 is 10.8 Å². The molecule has 0 spiro atoms. The molecule has 0 radical (unpaired) electrons. The highest BCUT2D eigenvalue weighted by Crippen LogP contribution is 2.28. The van der Waals surface area contributed by atoms with Crippen molar-refractivity contribution in [3.63, 3.8) is 0 Å². The number of aromatic nitrogens is 1. The molecule has 1 N–H and O–H groups in total. The van der Waals surface area contributed by atoms with Gasteiger partial charge in [-0.05, 0) is 31.1 Å². The van der Waals surface area contributed by atoms with E-state index in [0.717, 1.165) is 6.42 Å². The van der Waals surface area contributed by atoms with Gasteiger partial charge in [0.15, 0.2) is 11.6 Å². The highest BCUT2D eigenvalue weighted by Gasteiger charge is 2.15. The Morgan fingerprint density at radius 1 is 1.46 bits per heavy atom. The minimum Gasteiger partial charge on any atom is -0.487 e. The summed E-state index contributed by atoms with van der Waals surface area (Å²) in [5.74, 6) is 0.669. The summed E-state index contributed by atoms with van der Waals surface area (Å²) in [6, 6.07) is 6.10. The molecule has 0 bridgehead atoms. The molecule has 8 heteroatoms. The van der Waals surface area contributed by atoms with Gasteiger partial charge < -0.3 is 14.6 Å². The summed E-state index contributed by atoms with van der Waals surface area (Å²) in [5.41, 5.74) is 0.371. The van der Waals surface area contributed by atoms with E-state index in [0.29, 0.717) is 23.7 Å². The van der Waals surface area contributed by atoms with Gasteiger partial charge in [-0.15, -0.1) is 0 Å². The molecule has 0 fully saturated rings. The lowest BCUT2D eigenvalue weighted by atomic mass is 10.1. The van der Waals surface area contributed by atoms with Gasteiger partial charge in [-0.25, -0.2) is 0 Å². The molecule has 126 valence electrons. The monoisotopic (exact) mass is 331 g/mol. The van der Waals surface area contributed by atoms with Crippen LogP contribution in [0.4, 0.5) is 11.5 Å². The predicted octanol–water partition coefficient (Wildman–Crippen LogP) is 3.33. The van der Waals surface area contributed by atoms with Gasteiger partial charge in [0, 0.05) is 18.2 Å². The van der Waals surface area contributed by atoms with Crippen molar-refractivity contribution in [2.45, 2.75) is 20.3 Å². The first-order valence-corrected chi connectivity index (χ1v) is 7.33. The van der Waals surface area contributed by atoms with Gasteiger partial charge in [0.25, 0.3) is 0 Å². The van der Waals surface area contributed by atoms with Crippen LogP contribution in [0.3, 0.4) is 0 Å². The van der Waals surface area contributed by atoms with Crippen molar-refractivity contribution in [3.05, 3.63) is 51.8 Å². The van der Waals surface area contributed by atoms with Crippen molar-refractivity contribution in [1.29, 1.82) is 0 Å². The Balaban J connectivity index is 2.09. The summed E-state index contributed by atoms with van der Waals surface area (Å²) in [6.07, 6.45) is 3.48. The Kier molecular flexibility index (Phi) is 5.67. The van der Waals surface area contributed by atoms with E-state index in [4.69, 9.17) is 9.26 Å². The molecule has 8 nitrogen and oxygen atoms in total. The van der Waals surface area contributed by atoms with E-state index in [1.54, 1.807) is 19.1 Å². The smallest absolute Gasteiger partial charge is 0.311 e. The second kappa shape index (κ2) is 7.91. The number of carbonyl (C=O) groups excluding carboxylic acids is 1. The van der Waals surface area contributed by atoms with Crippen molar-refractivity contribution in [1.82, 2.24) is 5.16 Å². The van der Waals surface area contributed by atoms with Crippen LogP contribution in [0.1, 0.15) is 24.7 Å². The van der Waals surface area contributed by atoms with E-state index in [1.807, 2.05) is 6.92 Å². The van der Waals surface area contributed by atoms with Crippen LogP contribution in [0.2, 0.25) is 0 Å². The topological polar surface area (TPSA) is 108 Å². The highest BCUT2D eigenvalue weighted by molar-refractivity contribution is 6.01. The molecule has 0 saturated heterocycles. The number of nitrogens with zero attached hydrogens (tertiary/aromatic N) is 2. The Hall–Kier alpha value is -3.16. The molecule has 2 rings (SSSR count). The maximum absolute atomic E-state index is 11.8. The van der Waals surface area contributed by atoms with E-state index in [-0.39, 0.29) is 11.4 Å². The van der Waals surface area contributed by atoms with Crippen molar-refractivity contribution in [2.75, 3.05) is 11.9 Å². The number of nitro benzene ring substituents is 1. The van der Waals surface area contributed by atoms with Gasteiger partial charge >= 0.3 is 5.69 Å². The van der Waals surface area contributed by atoms with Crippen LogP contribution < -0.4 is 10.1 Å². The molecule has 0 atom stereocenters. The average molecular weight is 331 g/mol. The lowest BCUT2D eigenvalue weighted by Gasteiger charge is -2.05. The Labute approximate surface area is 138 Å². The second-order valence-electron chi connectivity index (χ2n) is 4.98. The van der Waals surface area contributed by atoms with Gasteiger partial charge in [-0.1, -0.05) is 18.1 Å². The minimum absolute atomic E-state index is 0.141. The molecule has 1 amide bonds. The van der Waals surface area contributed by atoms with Crippen molar-refractivity contribution in [3.8, 4) is 5.75 Å². The number of anilines is 1. The summed E-state index contributed by atoms with van der Waals surface area (Å²) < 4.78 is 10.2. The fraction of sp³-hybridized carbons (Fsp3) is 0.250. The van der Waals surface area contributed by atoms with E-state index >= 15 is 0 Å². The first kappa shape index (κ1) is 17.2. The maximum Gasteiger partial charge on any atom is 0.311 e. The van der Waals surface area contributed by atoms with Crippen LogP contribution in [0, 0.1) is 17.0 Å². The van der Waals surface area contributed by atoms with Gasteiger partial charge in [0.05, 0.1) is 11.5 Å². The normalized spacial score (nSPS) is 10.8. The minimum atomic E-state index is -0.513. The zero-order valence-corrected chi connectivity index (χ0v) is 13.3. The standard InChI is InChI=1S/C16H17N3O5/c1-3-8-23-14-6-4-12(10-13(14)19(21)22)5-7-16(20)17-15-9-11(2)24-18-15/h4-7,9-10H,3,8H2,1-2H3,(H,17,18,20)/b7-5+. The summed E-state index contributed by atoms with van der Waals surface area (Å²) in [5, 5.41) is 17.3. The number of carbonyl (C=O) groups is 1. The first-order valence-electron chi connectivity index (χ1n) is 7.33. The summed E-state index contributed by atoms with van der Waals surface area (Å²) in [6.45, 7) is 4.02. The SMILES string of the molecule is CCCOc1ccc(/C=C/C(=O)Nc2cc(C)on2)cc1[N+](=O)[O-]. The summed E-state index contributed by atoms with van der Waals surface area (Å²) in [4.78, 5) is 22.4. The zero-order valence-electron chi connectivity index (χ0n) is 13.3. The molecule has 1 heterocycles. The van der Waals surface area contributed by atoms with Crippen molar-refractivity contribution < 1.29 is 19.0 Å². The molecular weight excluding hydrogens is 314 g/mol. The Morgan fingerprint density at radius 2 is 2.25 bits per heavy atom. The average Bonchev–Trinajstić information content (AvgIpc) is 2.96. The fourth-order valence-electron chi connectivity index (χ4n) is 1.88. The Bertz CT molecular complexity index is 767. The van der Waals surface area contributed by atoms with E-state index in [1.165, 1.54) is 24.3 Å². The third-order valence-corrected chi connectivity index (χ3v) is 2.95. The van der Waals surface area contributed by atoms with Gasteiger partial charge in [0.2, 0.25) is 5.91 Å². The second-order valence-corrected chi connectivity index (χ2v) is 4.98. The van der Waals surface area contributed by atoms with Crippen LogP contribution in [-0.2, 0) is 4.79 Å². The van der Waals surface area contributed by atoms with Crippen LogP contribution in [-0.4, -0.2) is 22.6 Å². The van der Waals surface area contributed by atoms with Gasteiger partial charge in [-0.2, -0.15) is 0 Å². The van der Waals surface area contributed by atoms with Crippen LogP contribution in [0.15, 0.2) is 34.9 Å². The molecule has 0 unspecified atom stereocenters. The first-order chi connectivity index (χ1) is 11.5. The number of hydrogen-bond acceptors (Lipinski definition) is 6. The molecular formula is C16H17N3O5. The van der Waals surface area contributed by atoms with E-state index in [2.05, 4.69) is 10.5 Å². The van der Waals surface area contributed by atoms with Crippen molar-refractivity contribution >= 4 is 23.5 Å². The number of hydrogen-bond donors (Lipinski definition) is 1. The number of nitro groups is 1. The zero-order chi connectivity index (χ0) is 17.5. The number of ether oxygens (including phenoxy) is 1. The Morgan fingerprint density at radius 3 is 2.88 bits per heavy atom. The van der Waals surface area contributed by atoms with Crippen LogP contribution in [0.5, 0.6) is 5.75 Å². The number of nitrogens with one attached hydrogen (secondary N) is 1. The lowest BCUT2D eigenvalue weighted by molar-refractivity contribution is -0.385. The summed E-state index contributed by atoms with van der Waals surface area (Å²) in [7, 11) is 0. The number of rotatable bonds is 7. The van der Waals surface area contributed by atoms with Gasteiger partial charge in [0.1, 0.15) is 5.76 Å². The quantitative estimate of drug-likeness (QED) is 0.473. The van der Waals surface area contributed by atoms with E-state index in [9.17, 15) is 14.9 Å². The highest BCUT2D eigenvalue weighted by atomic mass is 16.6. The predicted molar refractivity (Wildman–Crippen MR) is 87.8 cm³/mol. The molecule has 0 aliphatic rings. The van der Waals surface area contributed by atoms with Crippen LogP contribution in [0.25, 0.3) is 6.08 Å². The summed E-state index contributed by atoms with van der Waals surface area (Å²) >= 11 is 0. The fourth-order valence-corrected chi connectivity index (χ4v) is 1.88. The lowest BCUT2D eigenvalue weighted by Crippen LogP contribution is -2.07. The number of aryl methyl sites for hydroxylation is 1. The molecule has 1 aromatic heterocycles. The molecule has 0 saturated carbocycles. The third-order valence-electron chi connectivity index (χ3n) is 2.95. The third kappa shape index (κ3) is 4.67. The molecule has 24 heavy (non-hydrogen) atoms. The molecule has 2 aromatic rings. The van der Waals surface area contributed by atoms with Crippen LogP contribution >= 0.6 is 0 Å². The van der Waals surface area contributed by atoms with Gasteiger partial charge in [-0.3, -0.25) is 14.9 Å². The number of benzene rings is 1. The number of amides is 1. The van der Waals surface area contributed by atoms with Crippen molar-refractivity contribution in [2.24, 2.45) is 0 Å².